The SMILES string of the molecule is CC#CC1CC=C(OC(F)(F)C2CCC(OC(F)(F)c3ccc(OCC)c(F)c3F)CC2)CC1. The molecule has 1 saturated carbocycles. The van der Waals surface area contributed by atoms with Crippen molar-refractivity contribution in [1.29, 1.82) is 0 Å². The molecule has 2 aliphatic rings. The Kier molecular flexibility index (Phi) is 8.45. The molecule has 0 aliphatic heterocycles. The third-order valence-corrected chi connectivity index (χ3v) is 6.11. The highest BCUT2D eigenvalue weighted by atomic mass is 19.3. The fourth-order valence-corrected chi connectivity index (χ4v) is 4.31. The van der Waals surface area contributed by atoms with Crippen LogP contribution in [0.25, 0.3) is 0 Å². The Bertz CT molecular complexity index is 942. The largest absolute Gasteiger partial charge is 0.491 e. The first-order chi connectivity index (χ1) is 16.1. The van der Waals surface area contributed by atoms with Crippen LogP contribution in [0.1, 0.15) is 64.4 Å². The maximum absolute atomic E-state index is 14.7. The normalized spacial score (nSPS) is 23.5. The van der Waals surface area contributed by atoms with E-state index in [1.54, 1.807) is 13.0 Å². The van der Waals surface area contributed by atoms with Gasteiger partial charge in [-0.15, -0.1) is 5.92 Å². The van der Waals surface area contributed by atoms with Crippen molar-refractivity contribution in [2.45, 2.75) is 77.1 Å². The van der Waals surface area contributed by atoms with E-state index in [-0.39, 0.29) is 44.0 Å². The number of hydrogen-bond donors (Lipinski definition) is 0. The van der Waals surface area contributed by atoms with Gasteiger partial charge in [0.25, 0.3) is 0 Å². The molecule has 0 radical (unpaired) electrons. The second-order valence-corrected chi connectivity index (χ2v) is 8.48. The van der Waals surface area contributed by atoms with Gasteiger partial charge in [-0.25, -0.2) is 4.39 Å². The van der Waals surface area contributed by atoms with Gasteiger partial charge < -0.3 is 14.2 Å². The summed E-state index contributed by atoms with van der Waals surface area (Å²) >= 11 is 0. The Morgan fingerprint density at radius 1 is 1.00 bits per heavy atom. The van der Waals surface area contributed by atoms with Gasteiger partial charge >= 0.3 is 12.2 Å². The van der Waals surface area contributed by atoms with E-state index in [1.165, 1.54) is 6.92 Å². The molecule has 0 amide bonds. The molecule has 0 saturated heterocycles. The van der Waals surface area contributed by atoms with Crippen LogP contribution < -0.4 is 4.74 Å². The smallest absolute Gasteiger partial charge is 0.400 e. The summed E-state index contributed by atoms with van der Waals surface area (Å²) in [6.07, 6.45) is -5.86. The molecule has 0 N–H and O–H groups in total. The molecule has 2 aliphatic carbocycles. The number of alkyl halides is 4. The van der Waals surface area contributed by atoms with E-state index in [0.717, 1.165) is 6.07 Å². The maximum Gasteiger partial charge on any atom is 0.400 e. The molecule has 1 aromatic rings. The van der Waals surface area contributed by atoms with E-state index in [4.69, 9.17) is 14.2 Å². The molecule has 3 nitrogen and oxygen atoms in total. The number of allylic oxidation sites excluding steroid dienone is 2. The van der Waals surface area contributed by atoms with Crippen molar-refractivity contribution in [3.63, 3.8) is 0 Å². The summed E-state index contributed by atoms with van der Waals surface area (Å²) < 4.78 is 101. The lowest BCUT2D eigenvalue weighted by molar-refractivity contribution is -0.291. The first-order valence-corrected chi connectivity index (χ1v) is 11.4. The van der Waals surface area contributed by atoms with E-state index < -0.39 is 47.2 Å². The van der Waals surface area contributed by atoms with Crippen molar-refractivity contribution in [2.75, 3.05) is 6.61 Å². The summed E-state index contributed by atoms with van der Waals surface area (Å²) in [6.45, 7) is 3.30. The van der Waals surface area contributed by atoms with E-state index in [2.05, 4.69) is 11.8 Å². The zero-order valence-electron chi connectivity index (χ0n) is 19.1. The lowest BCUT2D eigenvalue weighted by Crippen LogP contribution is -2.38. The molecule has 0 heterocycles. The third kappa shape index (κ3) is 6.21. The lowest BCUT2D eigenvalue weighted by Gasteiger charge is -2.35. The molecule has 1 unspecified atom stereocenters. The van der Waals surface area contributed by atoms with E-state index in [9.17, 15) is 26.3 Å². The highest BCUT2D eigenvalue weighted by molar-refractivity contribution is 5.32. The van der Waals surface area contributed by atoms with Crippen LogP contribution in [0.15, 0.2) is 24.0 Å². The molecule has 3 rings (SSSR count). The Balaban J connectivity index is 1.57. The Labute approximate surface area is 195 Å². The Hall–Kier alpha value is -2.34. The molecule has 1 aromatic carbocycles. The zero-order valence-corrected chi connectivity index (χ0v) is 19.1. The molecule has 9 heteroatoms. The van der Waals surface area contributed by atoms with Gasteiger partial charge in [-0.2, -0.15) is 22.0 Å². The minimum absolute atomic E-state index is 0.0333. The van der Waals surface area contributed by atoms with Gasteiger partial charge in [-0.3, -0.25) is 0 Å². The number of hydrogen-bond acceptors (Lipinski definition) is 3. The first-order valence-electron chi connectivity index (χ1n) is 11.4. The highest BCUT2D eigenvalue weighted by Gasteiger charge is 2.47. The van der Waals surface area contributed by atoms with Crippen molar-refractivity contribution in [2.24, 2.45) is 11.8 Å². The molecule has 0 aromatic heterocycles. The van der Waals surface area contributed by atoms with Crippen molar-refractivity contribution in [3.05, 3.63) is 41.2 Å². The predicted molar refractivity (Wildman–Crippen MR) is 113 cm³/mol. The van der Waals surface area contributed by atoms with Gasteiger partial charge in [0.2, 0.25) is 5.82 Å². The van der Waals surface area contributed by atoms with Crippen molar-refractivity contribution >= 4 is 0 Å². The van der Waals surface area contributed by atoms with Crippen LogP contribution in [-0.2, 0) is 15.6 Å². The monoisotopic (exact) mass is 490 g/mol. The van der Waals surface area contributed by atoms with Crippen molar-refractivity contribution in [1.82, 2.24) is 0 Å². The molecular weight excluding hydrogens is 462 g/mol. The number of ether oxygens (including phenoxy) is 3. The summed E-state index contributed by atoms with van der Waals surface area (Å²) in [5.74, 6) is 1.25. The predicted octanol–water partition coefficient (Wildman–Crippen LogP) is 7.30. The molecule has 188 valence electrons. The van der Waals surface area contributed by atoms with Crippen LogP contribution in [0, 0.1) is 35.3 Å². The molecule has 0 bridgehead atoms. The quantitative estimate of drug-likeness (QED) is 0.283. The van der Waals surface area contributed by atoms with Gasteiger partial charge in [-0.05, 0) is 70.6 Å². The zero-order chi connectivity index (χ0) is 24.9. The molecule has 34 heavy (non-hydrogen) atoms. The average Bonchev–Trinajstić information content (AvgIpc) is 2.78. The van der Waals surface area contributed by atoms with Gasteiger partial charge in [-0.1, -0.05) is 5.92 Å². The van der Waals surface area contributed by atoms with Crippen LogP contribution in [0.3, 0.4) is 0 Å². The van der Waals surface area contributed by atoms with Gasteiger partial charge in [0.1, 0.15) is 0 Å². The number of halogens is 6. The van der Waals surface area contributed by atoms with Crippen LogP contribution >= 0.6 is 0 Å². The van der Waals surface area contributed by atoms with E-state index in [0.29, 0.717) is 25.3 Å². The molecule has 1 fully saturated rings. The number of benzene rings is 1. The van der Waals surface area contributed by atoms with Gasteiger partial charge in [0.05, 0.1) is 30.0 Å². The summed E-state index contributed by atoms with van der Waals surface area (Å²) in [5, 5.41) is 0. The van der Waals surface area contributed by atoms with Crippen LogP contribution in [-0.4, -0.2) is 18.8 Å². The minimum atomic E-state index is -4.13. The average molecular weight is 490 g/mol. The second-order valence-electron chi connectivity index (χ2n) is 8.48. The van der Waals surface area contributed by atoms with E-state index in [1.807, 2.05) is 0 Å². The third-order valence-electron chi connectivity index (χ3n) is 6.11. The Morgan fingerprint density at radius 2 is 1.71 bits per heavy atom. The summed E-state index contributed by atoms with van der Waals surface area (Å²) in [7, 11) is 0. The standard InChI is InChI=1S/C25H28F6O3/c1-3-5-16-6-10-18(11-7-16)33-24(28,29)17-8-12-19(13-9-17)34-25(30,31)20-14-15-21(32-4-2)23(27)22(20)26/h10,14-17,19H,4,6-9,11-13H2,1-2H3. The van der Waals surface area contributed by atoms with Crippen molar-refractivity contribution < 1.29 is 40.6 Å². The summed E-state index contributed by atoms with van der Waals surface area (Å²) in [4.78, 5) is 0. The van der Waals surface area contributed by atoms with Crippen LogP contribution in [0.2, 0.25) is 0 Å². The second kappa shape index (κ2) is 10.9. The molecule has 1 atom stereocenters. The molecular formula is C25H28F6O3. The molecule has 0 spiro atoms. The van der Waals surface area contributed by atoms with Crippen molar-refractivity contribution in [3.8, 4) is 17.6 Å². The fraction of sp³-hybridized carbons (Fsp3) is 0.600. The summed E-state index contributed by atoms with van der Waals surface area (Å²) in [6, 6.07) is 1.60. The summed E-state index contributed by atoms with van der Waals surface area (Å²) in [5.41, 5.74) is -1.26. The maximum atomic E-state index is 14.7. The minimum Gasteiger partial charge on any atom is -0.491 e. The topological polar surface area (TPSA) is 27.7 Å². The first kappa shape index (κ1) is 26.3. The van der Waals surface area contributed by atoms with Gasteiger partial charge in [0.15, 0.2) is 11.6 Å². The lowest BCUT2D eigenvalue weighted by atomic mass is 9.86. The Morgan fingerprint density at radius 3 is 2.29 bits per heavy atom. The van der Waals surface area contributed by atoms with Gasteiger partial charge in [0, 0.05) is 12.3 Å². The van der Waals surface area contributed by atoms with Crippen LogP contribution in [0.5, 0.6) is 5.75 Å². The van der Waals surface area contributed by atoms with Crippen LogP contribution in [0.4, 0.5) is 26.3 Å². The number of rotatable bonds is 8. The van der Waals surface area contributed by atoms with E-state index >= 15 is 0 Å². The fourth-order valence-electron chi connectivity index (χ4n) is 4.31. The highest BCUT2D eigenvalue weighted by Crippen LogP contribution is 2.43.